The van der Waals surface area contributed by atoms with E-state index in [0.29, 0.717) is 5.92 Å². The molecular weight excluding hydrogens is 242 g/mol. The van der Waals surface area contributed by atoms with Gasteiger partial charge in [-0.1, -0.05) is 0 Å². The molecular formula is C10H10BrN3. The molecule has 1 aliphatic rings. The van der Waals surface area contributed by atoms with Gasteiger partial charge >= 0.3 is 0 Å². The lowest BCUT2D eigenvalue weighted by atomic mass is 10.0. The van der Waals surface area contributed by atoms with Crippen LogP contribution < -0.4 is 5.32 Å². The summed E-state index contributed by atoms with van der Waals surface area (Å²) in [7, 11) is 0. The minimum Gasteiger partial charge on any atom is -0.315 e. The fraction of sp³-hybridized carbons (Fsp3) is 0.300. The lowest BCUT2D eigenvalue weighted by molar-refractivity contribution is 0.441. The van der Waals surface area contributed by atoms with Gasteiger partial charge in [0, 0.05) is 35.9 Å². The average molecular weight is 252 g/mol. The van der Waals surface area contributed by atoms with Crippen molar-refractivity contribution < 1.29 is 0 Å². The number of halogens is 1. The van der Waals surface area contributed by atoms with Crippen molar-refractivity contribution in [3.63, 3.8) is 0 Å². The van der Waals surface area contributed by atoms with Crippen molar-refractivity contribution in [2.45, 2.75) is 5.92 Å². The first-order chi connectivity index (χ1) is 6.83. The van der Waals surface area contributed by atoms with Gasteiger partial charge in [0.25, 0.3) is 0 Å². The smallest absolute Gasteiger partial charge is 0.137 e. The van der Waals surface area contributed by atoms with Crippen LogP contribution in [0.5, 0.6) is 0 Å². The van der Waals surface area contributed by atoms with Gasteiger partial charge in [-0.25, -0.2) is 4.98 Å². The third-order valence-electron chi connectivity index (χ3n) is 2.63. The zero-order chi connectivity index (χ0) is 9.54. The highest BCUT2D eigenvalue weighted by Gasteiger charge is 2.21. The second kappa shape index (κ2) is 3.07. The van der Waals surface area contributed by atoms with Crippen LogP contribution in [0.4, 0.5) is 0 Å². The lowest BCUT2D eigenvalue weighted by Gasteiger charge is -2.24. The molecule has 0 bridgehead atoms. The Morgan fingerprint density at radius 1 is 1.36 bits per heavy atom. The van der Waals surface area contributed by atoms with Crippen LogP contribution in [0.1, 0.15) is 11.6 Å². The summed E-state index contributed by atoms with van der Waals surface area (Å²) in [6.07, 6.45) is 4.16. The SMILES string of the molecule is Brc1ccc2nc(C3CNC3)cn2c1. The first-order valence-corrected chi connectivity index (χ1v) is 5.47. The maximum Gasteiger partial charge on any atom is 0.137 e. The molecule has 72 valence electrons. The summed E-state index contributed by atoms with van der Waals surface area (Å²) in [5, 5.41) is 3.26. The Labute approximate surface area is 90.3 Å². The van der Waals surface area contributed by atoms with Crippen LogP contribution in [-0.4, -0.2) is 22.5 Å². The van der Waals surface area contributed by atoms with E-state index >= 15 is 0 Å². The monoisotopic (exact) mass is 251 g/mol. The van der Waals surface area contributed by atoms with Crippen LogP contribution in [0.15, 0.2) is 29.0 Å². The van der Waals surface area contributed by atoms with Gasteiger partial charge in [0.1, 0.15) is 5.65 Å². The molecule has 1 saturated heterocycles. The summed E-state index contributed by atoms with van der Waals surface area (Å²) < 4.78 is 3.15. The van der Waals surface area contributed by atoms with Gasteiger partial charge in [0.2, 0.25) is 0 Å². The van der Waals surface area contributed by atoms with Crippen molar-refractivity contribution >= 4 is 21.6 Å². The van der Waals surface area contributed by atoms with E-state index in [4.69, 9.17) is 0 Å². The molecule has 4 heteroatoms. The van der Waals surface area contributed by atoms with E-state index in [1.54, 1.807) is 0 Å². The lowest BCUT2D eigenvalue weighted by Crippen LogP contribution is -2.40. The molecule has 0 unspecified atom stereocenters. The Bertz CT molecular complexity index is 473. The molecule has 1 N–H and O–H groups in total. The van der Waals surface area contributed by atoms with Crippen LogP contribution in [0, 0.1) is 0 Å². The molecule has 3 rings (SSSR count). The molecule has 0 atom stereocenters. The highest BCUT2D eigenvalue weighted by atomic mass is 79.9. The van der Waals surface area contributed by atoms with E-state index in [2.05, 4.69) is 36.8 Å². The van der Waals surface area contributed by atoms with E-state index in [1.165, 1.54) is 5.69 Å². The van der Waals surface area contributed by atoms with Crippen molar-refractivity contribution in [1.29, 1.82) is 0 Å². The van der Waals surface area contributed by atoms with Crippen LogP contribution >= 0.6 is 15.9 Å². The van der Waals surface area contributed by atoms with Gasteiger partial charge in [-0.2, -0.15) is 0 Å². The Morgan fingerprint density at radius 2 is 2.21 bits per heavy atom. The van der Waals surface area contributed by atoms with Crippen LogP contribution in [0.25, 0.3) is 5.65 Å². The maximum absolute atomic E-state index is 4.58. The number of rotatable bonds is 1. The molecule has 0 amide bonds. The molecule has 0 aromatic carbocycles. The number of fused-ring (bicyclic) bond motifs is 1. The first-order valence-electron chi connectivity index (χ1n) is 4.68. The van der Waals surface area contributed by atoms with Crippen molar-refractivity contribution in [1.82, 2.24) is 14.7 Å². The highest BCUT2D eigenvalue weighted by molar-refractivity contribution is 9.10. The summed E-state index contributed by atoms with van der Waals surface area (Å²) in [5.41, 5.74) is 2.22. The van der Waals surface area contributed by atoms with Crippen LogP contribution in [0.3, 0.4) is 0 Å². The van der Waals surface area contributed by atoms with E-state index < -0.39 is 0 Å². The first kappa shape index (κ1) is 8.44. The number of hydrogen-bond donors (Lipinski definition) is 1. The minimum atomic E-state index is 0.605. The number of hydrogen-bond acceptors (Lipinski definition) is 2. The number of aromatic nitrogens is 2. The minimum absolute atomic E-state index is 0.605. The van der Waals surface area contributed by atoms with Gasteiger partial charge in [-0.3, -0.25) is 0 Å². The molecule has 2 aromatic rings. The molecule has 1 aliphatic heterocycles. The topological polar surface area (TPSA) is 29.3 Å². The molecule has 3 heterocycles. The van der Waals surface area contributed by atoms with Gasteiger partial charge in [0.15, 0.2) is 0 Å². The largest absolute Gasteiger partial charge is 0.315 e. The van der Waals surface area contributed by atoms with Crippen molar-refractivity contribution in [3.05, 3.63) is 34.7 Å². The summed E-state index contributed by atoms with van der Waals surface area (Å²) in [6.45, 7) is 2.12. The van der Waals surface area contributed by atoms with Crippen LogP contribution in [-0.2, 0) is 0 Å². The third-order valence-corrected chi connectivity index (χ3v) is 3.10. The Hall–Kier alpha value is -0.870. The fourth-order valence-electron chi connectivity index (χ4n) is 1.68. The number of imidazole rings is 1. The van der Waals surface area contributed by atoms with Crippen molar-refractivity contribution in [2.24, 2.45) is 0 Å². The highest BCUT2D eigenvalue weighted by Crippen LogP contribution is 2.20. The molecule has 1 fully saturated rings. The number of nitrogens with one attached hydrogen (secondary N) is 1. The molecule has 0 saturated carbocycles. The predicted molar refractivity (Wildman–Crippen MR) is 58.5 cm³/mol. The van der Waals surface area contributed by atoms with Crippen molar-refractivity contribution in [3.8, 4) is 0 Å². The summed E-state index contributed by atoms with van der Waals surface area (Å²) >= 11 is 3.45. The number of pyridine rings is 1. The maximum atomic E-state index is 4.58. The fourth-order valence-corrected chi connectivity index (χ4v) is 2.03. The molecule has 0 aliphatic carbocycles. The second-order valence-corrected chi connectivity index (χ2v) is 4.55. The quantitative estimate of drug-likeness (QED) is 0.838. The van der Waals surface area contributed by atoms with E-state index in [-0.39, 0.29) is 0 Å². The normalized spacial score (nSPS) is 17.2. The molecule has 14 heavy (non-hydrogen) atoms. The zero-order valence-electron chi connectivity index (χ0n) is 7.57. The molecule has 2 aromatic heterocycles. The standard InChI is InChI=1S/C10H10BrN3/c11-8-1-2-10-13-9(6-14(10)5-8)7-3-12-4-7/h1-2,5-7,12H,3-4H2. The van der Waals surface area contributed by atoms with E-state index in [0.717, 1.165) is 23.2 Å². The third kappa shape index (κ3) is 1.26. The summed E-state index contributed by atoms with van der Waals surface area (Å²) in [4.78, 5) is 4.58. The molecule has 0 spiro atoms. The number of nitrogens with zero attached hydrogens (tertiary/aromatic N) is 2. The van der Waals surface area contributed by atoms with Gasteiger partial charge in [-0.15, -0.1) is 0 Å². The Balaban J connectivity index is 2.10. The molecule has 0 radical (unpaired) electrons. The Kier molecular flexibility index (Phi) is 1.85. The van der Waals surface area contributed by atoms with E-state index in [1.807, 2.05) is 18.3 Å². The zero-order valence-corrected chi connectivity index (χ0v) is 9.16. The van der Waals surface area contributed by atoms with Crippen molar-refractivity contribution in [2.75, 3.05) is 13.1 Å². The Morgan fingerprint density at radius 3 is 2.93 bits per heavy atom. The molecule has 3 nitrogen and oxygen atoms in total. The van der Waals surface area contributed by atoms with E-state index in [9.17, 15) is 0 Å². The second-order valence-electron chi connectivity index (χ2n) is 3.63. The van der Waals surface area contributed by atoms with Crippen LogP contribution in [0.2, 0.25) is 0 Å². The summed E-state index contributed by atoms with van der Waals surface area (Å²) in [5.74, 6) is 0.605. The van der Waals surface area contributed by atoms with Gasteiger partial charge < -0.3 is 9.72 Å². The average Bonchev–Trinajstić information content (AvgIpc) is 2.43. The summed E-state index contributed by atoms with van der Waals surface area (Å²) in [6, 6.07) is 4.05. The van der Waals surface area contributed by atoms with Gasteiger partial charge in [-0.05, 0) is 28.1 Å². The van der Waals surface area contributed by atoms with Gasteiger partial charge in [0.05, 0.1) is 5.69 Å². The predicted octanol–water partition coefficient (Wildman–Crippen LogP) is 1.78.